The number of likely N-dealkylation sites (N-methyl/N-ethyl adjacent to an activating group) is 1. The van der Waals surface area contributed by atoms with Crippen molar-refractivity contribution in [1.29, 1.82) is 0 Å². The normalized spacial score (nSPS) is 10.9. The van der Waals surface area contributed by atoms with Gasteiger partial charge in [0, 0.05) is 12.2 Å². The van der Waals surface area contributed by atoms with Crippen LogP contribution in [0.15, 0.2) is 35.3 Å². The molecule has 0 radical (unpaired) electrons. The van der Waals surface area contributed by atoms with Crippen molar-refractivity contribution in [2.45, 2.75) is 6.92 Å². The van der Waals surface area contributed by atoms with Crippen LogP contribution in [0.1, 0.15) is 6.92 Å². The molecule has 0 atom stereocenters. The van der Waals surface area contributed by atoms with Crippen LogP contribution in [0.2, 0.25) is 0 Å². The minimum absolute atomic E-state index is 0.0412. The standard InChI is InChI=1S/C11H16N4O/c1-2-13-10(16)8-14-11(12)15-9-6-4-3-5-7-9/h3-7H,2,8H2,1H3,(H,13,16)(H3,12,14,15). The number of nitrogens with one attached hydrogen (secondary N) is 2. The summed E-state index contributed by atoms with van der Waals surface area (Å²) in [5, 5.41) is 5.52. The van der Waals surface area contributed by atoms with Crippen molar-refractivity contribution in [3.63, 3.8) is 0 Å². The van der Waals surface area contributed by atoms with Gasteiger partial charge in [0.05, 0.1) is 0 Å². The Labute approximate surface area is 94.8 Å². The van der Waals surface area contributed by atoms with Crippen LogP contribution >= 0.6 is 0 Å². The Hall–Kier alpha value is -2.04. The van der Waals surface area contributed by atoms with E-state index in [0.717, 1.165) is 5.69 Å². The molecule has 0 bridgehead atoms. The molecule has 1 aromatic carbocycles. The van der Waals surface area contributed by atoms with Gasteiger partial charge >= 0.3 is 0 Å². The van der Waals surface area contributed by atoms with E-state index < -0.39 is 0 Å². The molecule has 0 aliphatic rings. The molecule has 5 nitrogen and oxygen atoms in total. The van der Waals surface area contributed by atoms with Crippen molar-refractivity contribution in [1.82, 2.24) is 5.32 Å². The minimum atomic E-state index is -0.139. The number of para-hydroxylation sites is 1. The highest BCUT2D eigenvalue weighted by Crippen LogP contribution is 2.03. The lowest BCUT2D eigenvalue weighted by molar-refractivity contribution is -0.119. The molecule has 86 valence electrons. The predicted molar refractivity (Wildman–Crippen MR) is 65.2 cm³/mol. The number of carbonyl (C=O) groups excluding carboxylic acids is 1. The molecule has 4 N–H and O–H groups in total. The first-order valence-electron chi connectivity index (χ1n) is 5.11. The molecule has 0 saturated carbocycles. The molecule has 0 unspecified atom stereocenters. The number of rotatable bonds is 4. The second kappa shape index (κ2) is 6.44. The Morgan fingerprint density at radius 2 is 2.06 bits per heavy atom. The Morgan fingerprint density at radius 1 is 1.38 bits per heavy atom. The molecule has 0 heterocycles. The van der Waals surface area contributed by atoms with Crippen LogP contribution in [0.3, 0.4) is 0 Å². The summed E-state index contributed by atoms with van der Waals surface area (Å²) in [5.41, 5.74) is 6.46. The average molecular weight is 220 g/mol. The maximum absolute atomic E-state index is 11.1. The number of amides is 1. The van der Waals surface area contributed by atoms with E-state index in [1.807, 2.05) is 37.3 Å². The number of benzene rings is 1. The summed E-state index contributed by atoms with van der Waals surface area (Å²) in [5.74, 6) is 0.0952. The van der Waals surface area contributed by atoms with Gasteiger partial charge in [-0.05, 0) is 19.1 Å². The molecule has 0 aromatic heterocycles. The largest absolute Gasteiger partial charge is 0.370 e. The molecule has 0 saturated heterocycles. The summed E-state index contributed by atoms with van der Waals surface area (Å²) < 4.78 is 0. The van der Waals surface area contributed by atoms with E-state index >= 15 is 0 Å². The summed E-state index contributed by atoms with van der Waals surface area (Å²) in [7, 11) is 0. The van der Waals surface area contributed by atoms with Crippen LogP contribution in [0, 0.1) is 0 Å². The number of hydrogen-bond donors (Lipinski definition) is 3. The minimum Gasteiger partial charge on any atom is -0.370 e. The van der Waals surface area contributed by atoms with Crippen LogP contribution in [0.4, 0.5) is 5.69 Å². The summed E-state index contributed by atoms with van der Waals surface area (Å²) >= 11 is 0. The third-order valence-corrected chi connectivity index (χ3v) is 1.81. The highest BCUT2D eigenvalue weighted by Gasteiger charge is 1.98. The molecule has 1 aromatic rings. The summed E-state index contributed by atoms with van der Waals surface area (Å²) in [6.07, 6.45) is 0. The van der Waals surface area contributed by atoms with E-state index in [1.165, 1.54) is 0 Å². The third kappa shape index (κ3) is 4.45. The Bertz CT molecular complexity index is 362. The zero-order valence-electron chi connectivity index (χ0n) is 9.23. The number of carbonyl (C=O) groups is 1. The summed E-state index contributed by atoms with van der Waals surface area (Å²) in [6, 6.07) is 9.43. The van der Waals surface area contributed by atoms with Gasteiger partial charge in [-0.15, -0.1) is 0 Å². The second-order valence-corrected chi connectivity index (χ2v) is 3.15. The van der Waals surface area contributed by atoms with E-state index in [-0.39, 0.29) is 18.4 Å². The lowest BCUT2D eigenvalue weighted by Gasteiger charge is -2.04. The monoisotopic (exact) mass is 220 g/mol. The van der Waals surface area contributed by atoms with Crippen LogP contribution in [-0.4, -0.2) is 25.0 Å². The first kappa shape index (κ1) is 12.0. The fraction of sp³-hybridized carbons (Fsp3) is 0.273. The number of hydrogen-bond acceptors (Lipinski definition) is 2. The van der Waals surface area contributed by atoms with Crippen molar-refractivity contribution in [2.75, 3.05) is 18.4 Å². The SMILES string of the molecule is CCNC(=O)CN=C(N)Nc1ccccc1. The molecule has 0 aliphatic heterocycles. The van der Waals surface area contributed by atoms with Crippen LogP contribution in [-0.2, 0) is 4.79 Å². The summed E-state index contributed by atoms with van der Waals surface area (Å²) in [6.45, 7) is 2.49. The van der Waals surface area contributed by atoms with Gasteiger partial charge in [0.1, 0.15) is 6.54 Å². The smallest absolute Gasteiger partial charge is 0.241 e. The zero-order chi connectivity index (χ0) is 11.8. The van der Waals surface area contributed by atoms with Crippen LogP contribution in [0.25, 0.3) is 0 Å². The molecule has 1 amide bonds. The maximum Gasteiger partial charge on any atom is 0.241 e. The topological polar surface area (TPSA) is 79.5 Å². The predicted octanol–water partition coefficient (Wildman–Crippen LogP) is 0.549. The van der Waals surface area contributed by atoms with Crippen molar-refractivity contribution in [2.24, 2.45) is 10.7 Å². The Balaban J connectivity index is 2.43. The van der Waals surface area contributed by atoms with E-state index in [2.05, 4.69) is 15.6 Å². The molecular weight excluding hydrogens is 204 g/mol. The maximum atomic E-state index is 11.1. The summed E-state index contributed by atoms with van der Waals surface area (Å²) in [4.78, 5) is 15.0. The highest BCUT2D eigenvalue weighted by molar-refractivity contribution is 5.93. The molecule has 0 spiro atoms. The van der Waals surface area contributed by atoms with Gasteiger partial charge in [-0.3, -0.25) is 4.79 Å². The molecular formula is C11H16N4O. The lowest BCUT2D eigenvalue weighted by Crippen LogP contribution is -2.28. The second-order valence-electron chi connectivity index (χ2n) is 3.15. The average Bonchev–Trinajstić information content (AvgIpc) is 2.28. The van der Waals surface area contributed by atoms with Crippen LogP contribution in [0.5, 0.6) is 0 Å². The number of aliphatic imine (C=N–C) groups is 1. The van der Waals surface area contributed by atoms with Gasteiger partial charge in [-0.1, -0.05) is 18.2 Å². The number of nitrogens with zero attached hydrogens (tertiary/aromatic N) is 1. The van der Waals surface area contributed by atoms with Gasteiger partial charge in [-0.25, -0.2) is 4.99 Å². The molecule has 0 fully saturated rings. The first-order valence-corrected chi connectivity index (χ1v) is 5.11. The van der Waals surface area contributed by atoms with Gasteiger partial charge in [0.2, 0.25) is 5.91 Å². The van der Waals surface area contributed by atoms with E-state index in [9.17, 15) is 4.79 Å². The van der Waals surface area contributed by atoms with Crippen molar-refractivity contribution < 1.29 is 4.79 Å². The van der Waals surface area contributed by atoms with E-state index in [4.69, 9.17) is 5.73 Å². The van der Waals surface area contributed by atoms with Crippen molar-refractivity contribution in [3.8, 4) is 0 Å². The number of guanidine groups is 1. The van der Waals surface area contributed by atoms with Crippen LogP contribution < -0.4 is 16.4 Å². The number of nitrogens with two attached hydrogens (primary N) is 1. The highest BCUT2D eigenvalue weighted by atomic mass is 16.1. The van der Waals surface area contributed by atoms with E-state index in [0.29, 0.717) is 6.54 Å². The first-order chi connectivity index (χ1) is 7.72. The molecule has 0 aliphatic carbocycles. The quantitative estimate of drug-likeness (QED) is 0.512. The molecule has 16 heavy (non-hydrogen) atoms. The molecule has 1 rings (SSSR count). The third-order valence-electron chi connectivity index (χ3n) is 1.81. The Morgan fingerprint density at radius 3 is 2.69 bits per heavy atom. The van der Waals surface area contributed by atoms with Gasteiger partial charge in [0.15, 0.2) is 5.96 Å². The van der Waals surface area contributed by atoms with E-state index in [1.54, 1.807) is 0 Å². The van der Waals surface area contributed by atoms with Crippen molar-refractivity contribution >= 4 is 17.6 Å². The van der Waals surface area contributed by atoms with Gasteiger partial charge in [-0.2, -0.15) is 0 Å². The van der Waals surface area contributed by atoms with Gasteiger partial charge in [0.25, 0.3) is 0 Å². The van der Waals surface area contributed by atoms with Crippen molar-refractivity contribution in [3.05, 3.63) is 30.3 Å². The van der Waals surface area contributed by atoms with Gasteiger partial charge < -0.3 is 16.4 Å². The number of anilines is 1. The zero-order valence-corrected chi connectivity index (χ0v) is 9.23. The fourth-order valence-corrected chi connectivity index (χ4v) is 1.12. The fourth-order valence-electron chi connectivity index (χ4n) is 1.12. The lowest BCUT2D eigenvalue weighted by atomic mass is 10.3. The Kier molecular flexibility index (Phi) is 4.85. The molecule has 5 heteroatoms.